The van der Waals surface area contributed by atoms with E-state index in [0.717, 1.165) is 26.9 Å². The van der Waals surface area contributed by atoms with E-state index in [4.69, 9.17) is 10.5 Å². The van der Waals surface area contributed by atoms with Crippen LogP contribution in [-0.4, -0.2) is 44.0 Å². The number of carbonyl (C=O) groups is 3. The Hall–Kier alpha value is -4.28. The molecule has 1 aliphatic heterocycles. The van der Waals surface area contributed by atoms with Crippen LogP contribution in [0.25, 0.3) is 10.8 Å². The van der Waals surface area contributed by atoms with E-state index in [1.165, 1.54) is 23.1 Å². The van der Waals surface area contributed by atoms with Crippen LogP contribution >= 0.6 is 15.9 Å². The van der Waals surface area contributed by atoms with Gasteiger partial charge < -0.3 is 25.6 Å². The van der Waals surface area contributed by atoms with Crippen LogP contribution in [0.3, 0.4) is 0 Å². The maximum Gasteiger partial charge on any atom is 0.258 e. The lowest BCUT2D eigenvalue weighted by molar-refractivity contribution is -0.133. The number of methoxy groups -OCH3 is 1. The number of nitrogens with two attached hydrogens (primary N) is 1. The fourth-order valence-electron chi connectivity index (χ4n) is 5.48. The SMILES string of the molecule is CNC(C)(C(N)=O)[C@@H]1CN(C(=O)c2cccc(F)c2)c2ccccc2N(Cc2c(OC)ccc3cc(Br)ccc23)C1=O. The highest BCUT2D eigenvalue weighted by atomic mass is 79.9. The van der Waals surface area contributed by atoms with E-state index in [1.807, 2.05) is 30.3 Å². The summed E-state index contributed by atoms with van der Waals surface area (Å²) in [6, 6.07) is 22.0. The minimum atomic E-state index is -1.52. The third kappa shape index (κ3) is 5.12. The van der Waals surface area contributed by atoms with Crippen molar-refractivity contribution in [3.63, 3.8) is 0 Å². The molecule has 0 saturated heterocycles. The smallest absolute Gasteiger partial charge is 0.258 e. The summed E-state index contributed by atoms with van der Waals surface area (Å²) < 4.78 is 20.8. The van der Waals surface area contributed by atoms with Gasteiger partial charge >= 0.3 is 0 Å². The Labute approximate surface area is 251 Å². The molecule has 0 radical (unpaired) electrons. The molecule has 3 amide bonds. The van der Waals surface area contributed by atoms with Gasteiger partial charge in [-0.15, -0.1) is 0 Å². The molecule has 1 unspecified atom stereocenters. The fourth-order valence-corrected chi connectivity index (χ4v) is 5.85. The summed E-state index contributed by atoms with van der Waals surface area (Å²) >= 11 is 3.52. The zero-order valence-corrected chi connectivity index (χ0v) is 24.9. The molecule has 8 nitrogen and oxygen atoms in total. The zero-order chi connectivity index (χ0) is 30.2. The van der Waals surface area contributed by atoms with Gasteiger partial charge in [0.15, 0.2) is 0 Å². The summed E-state index contributed by atoms with van der Waals surface area (Å²) in [5.41, 5.74) is 6.09. The lowest BCUT2D eigenvalue weighted by atomic mass is 9.83. The molecular weight excluding hydrogens is 603 g/mol. The number of nitrogens with zero attached hydrogens (tertiary/aromatic N) is 2. The number of hydrogen-bond acceptors (Lipinski definition) is 5. The number of fused-ring (bicyclic) bond motifs is 2. The van der Waals surface area contributed by atoms with E-state index in [2.05, 4.69) is 21.2 Å². The summed E-state index contributed by atoms with van der Waals surface area (Å²) in [4.78, 5) is 44.4. The van der Waals surface area contributed by atoms with E-state index < -0.39 is 35.0 Å². The molecule has 4 aromatic rings. The van der Waals surface area contributed by atoms with Crippen LogP contribution in [0, 0.1) is 11.7 Å². The maximum absolute atomic E-state index is 14.6. The lowest BCUT2D eigenvalue weighted by Gasteiger charge is -2.36. The number of anilines is 2. The number of nitrogens with one attached hydrogen (secondary N) is 1. The number of carbonyl (C=O) groups excluding carboxylic acids is 3. The number of halogens is 2. The van der Waals surface area contributed by atoms with Gasteiger partial charge in [0.05, 0.1) is 30.9 Å². The Morgan fingerprint density at radius 2 is 1.81 bits per heavy atom. The Morgan fingerprint density at radius 3 is 2.48 bits per heavy atom. The molecule has 0 aromatic heterocycles. The molecule has 1 aliphatic rings. The maximum atomic E-state index is 14.6. The van der Waals surface area contributed by atoms with Crippen molar-refractivity contribution in [3.05, 3.63) is 100 Å². The van der Waals surface area contributed by atoms with Crippen molar-refractivity contribution < 1.29 is 23.5 Å². The van der Waals surface area contributed by atoms with Gasteiger partial charge in [-0.3, -0.25) is 14.4 Å². The van der Waals surface area contributed by atoms with Crippen molar-refractivity contribution in [2.75, 3.05) is 30.5 Å². The summed E-state index contributed by atoms with van der Waals surface area (Å²) in [6.07, 6.45) is 0. The molecule has 0 bridgehead atoms. The lowest BCUT2D eigenvalue weighted by Crippen LogP contribution is -2.63. The number of ether oxygens (including phenoxy) is 1. The van der Waals surface area contributed by atoms with Crippen molar-refractivity contribution in [1.82, 2.24) is 5.32 Å². The first-order chi connectivity index (χ1) is 20.1. The van der Waals surface area contributed by atoms with Gasteiger partial charge in [-0.25, -0.2) is 4.39 Å². The predicted molar refractivity (Wildman–Crippen MR) is 164 cm³/mol. The van der Waals surface area contributed by atoms with E-state index in [0.29, 0.717) is 17.1 Å². The number of primary amides is 1. The van der Waals surface area contributed by atoms with Crippen LogP contribution in [0.15, 0.2) is 83.3 Å². The number of benzene rings is 4. The highest BCUT2D eigenvalue weighted by molar-refractivity contribution is 9.10. The number of rotatable bonds is 7. The van der Waals surface area contributed by atoms with Gasteiger partial charge in [-0.2, -0.15) is 0 Å². The van der Waals surface area contributed by atoms with Crippen molar-refractivity contribution in [3.8, 4) is 5.75 Å². The predicted octanol–water partition coefficient (Wildman–Crippen LogP) is 5.02. The first-order valence-corrected chi connectivity index (χ1v) is 14.1. The fraction of sp³-hybridized carbons (Fsp3) is 0.219. The average Bonchev–Trinajstić information content (AvgIpc) is 3.10. The second kappa shape index (κ2) is 11.5. The summed E-state index contributed by atoms with van der Waals surface area (Å²) in [5.74, 6) is -2.76. The summed E-state index contributed by atoms with van der Waals surface area (Å²) in [7, 11) is 3.11. The monoisotopic (exact) mass is 632 g/mol. The second-order valence-electron chi connectivity index (χ2n) is 10.3. The second-order valence-corrected chi connectivity index (χ2v) is 11.2. The molecule has 0 aliphatic carbocycles. The highest BCUT2D eigenvalue weighted by Crippen LogP contribution is 2.40. The van der Waals surface area contributed by atoms with Crippen LogP contribution in [0.1, 0.15) is 22.8 Å². The molecule has 3 N–H and O–H groups in total. The van der Waals surface area contributed by atoms with Gasteiger partial charge in [0.2, 0.25) is 11.8 Å². The molecule has 10 heteroatoms. The molecule has 42 heavy (non-hydrogen) atoms. The third-order valence-corrected chi connectivity index (χ3v) is 8.52. The van der Waals surface area contributed by atoms with E-state index in [9.17, 15) is 18.8 Å². The topological polar surface area (TPSA) is 105 Å². The van der Waals surface area contributed by atoms with Crippen LogP contribution in [0.4, 0.5) is 15.8 Å². The standard InChI is InChI=1S/C32H30BrFN4O4/c1-32(36-2,31(35)41)25-18-38(29(39)20-7-6-8-22(34)16-20)27-10-5-4-9-26(27)37(30(25)40)17-24-23-13-12-21(33)15-19(23)11-14-28(24)42-3/h4-16,25,36H,17-18H2,1-3H3,(H2,35,41)/t25-,32?/m1/s1. The Morgan fingerprint density at radius 1 is 1.07 bits per heavy atom. The molecule has 2 atom stereocenters. The van der Waals surface area contributed by atoms with Crippen molar-refractivity contribution in [1.29, 1.82) is 0 Å². The first kappa shape index (κ1) is 29.2. The van der Waals surface area contributed by atoms with Crippen molar-refractivity contribution in [2.24, 2.45) is 11.7 Å². The highest BCUT2D eigenvalue weighted by Gasteiger charge is 2.49. The van der Waals surface area contributed by atoms with Crippen molar-refractivity contribution >= 4 is 55.8 Å². The molecule has 0 fully saturated rings. The normalized spacial score (nSPS) is 16.5. The van der Waals surface area contributed by atoms with E-state index >= 15 is 0 Å². The largest absolute Gasteiger partial charge is 0.496 e. The van der Waals surface area contributed by atoms with Crippen LogP contribution in [0.5, 0.6) is 5.75 Å². The van der Waals surface area contributed by atoms with Gasteiger partial charge in [0.1, 0.15) is 17.1 Å². The minimum absolute atomic E-state index is 0.0784. The van der Waals surface area contributed by atoms with E-state index in [-0.39, 0.29) is 18.7 Å². The molecule has 216 valence electrons. The first-order valence-electron chi connectivity index (χ1n) is 13.3. The summed E-state index contributed by atoms with van der Waals surface area (Å²) in [6.45, 7) is 1.45. The van der Waals surface area contributed by atoms with Crippen LogP contribution < -0.4 is 25.6 Å². The molecule has 0 saturated carbocycles. The van der Waals surface area contributed by atoms with Crippen molar-refractivity contribution in [2.45, 2.75) is 19.0 Å². The zero-order valence-electron chi connectivity index (χ0n) is 23.4. The molecular formula is C32H30BrFN4O4. The van der Waals surface area contributed by atoms with Gasteiger partial charge in [0, 0.05) is 22.1 Å². The molecule has 1 heterocycles. The van der Waals surface area contributed by atoms with Gasteiger partial charge in [-0.1, -0.05) is 46.3 Å². The van der Waals surface area contributed by atoms with Crippen LogP contribution in [-0.2, 0) is 16.1 Å². The quantitative estimate of drug-likeness (QED) is 0.298. The van der Waals surface area contributed by atoms with Gasteiger partial charge in [0.25, 0.3) is 5.91 Å². The van der Waals surface area contributed by atoms with Gasteiger partial charge in [-0.05, 0) is 73.3 Å². The van der Waals surface area contributed by atoms with E-state index in [1.54, 1.807) is 50.2 Å². The van der Waals surface area contributed by atoms with Crippen LogP contribution in [0.2, 0.25) is 0 Å². The number of hydrogen-bond donors (Lipinski definition) is 2. The number of likely N-dealkylation sites (N-methyl/N-ethyl adjacent to an activating group) is 1. The third-order valence-electron chi connectivity index (χ3n) is 8.02. The minimum Gasteiger partial charge on any atom is -0.496 e. The Balaban J connectivity index is 1.73. The number of para-hydroxylation sites is 2. The molecule has 5 rings (SSSR count). The Bertz CT molecular complexity index is 1710. The molecule has 0 spiro atoms. The summed E-state index contributed by atoms with van der Waals surface area (Å²) in [5, 5.41) is 4.75. The Kier molecular flexibility index (Phi) is 8.03. The molecule has 4 aromatic carbocycles. The number of amides is 3. The average molecular weight is 634 g/mol.